The maximum atomic E-state index is 12.3. The molecule has 2 amide bonds. The molecule has 0 aliphatic carbocycles. The molecular weight excluding hydrogens is 328 g/mol. The number of nitrogens with zero attached hydrogens (tertiary/aromatic N) is 2. The van der Waals surface area contributed by atoms with E-state index in [9.17, 15) is 9.59 Å². The van der Waals surface area contributed by atoms with Crippen molar-refractivity contribution in [3.63, 3.8) is 0 Å². The first-order chi connectivity index (χ1) is 12.5. The van der Waals surface area contributed by atoms with Crippen LogP contribution in [0.5, 0.6) is 0 Å². The van der Waals surface area contributed by atoms with Gasteiger partial charge in [-0.25, -0.2) is 0 Å². The Balaban J connectivity index is 1.52. The molecule has 26 heavy (non-hydrogen) atoms. The van der Waals surface area contributed by atoms with Crippen molar-refractivity contribution in [2.24, 2.45) is 5.73 Å². The van der Waals surface area contributed by atoms with Crippen molar-refractivity contribution in [3.05, 3.63) is 59.7 Å². The van der Waals surface area contributed by atoms with E-state index in [1.165, 1.54) is 11.3 Å². The average Bonchev–Trinajstić information content (AvgIpc) is 2.63. The SMILES string of the molecule is Cc1ccc(N2CCN(CC(=O)Nc3ccccc3C(N)=O)CC2)cc1. The molecule has 2 aromatic rings. The predicted molar refractivity (Wildman–Crippen MR) is 103 cm³/mol. The van der Waals surface area contributed by atoms with E-state index in [1.54, 1.807) is 24.3 Å². The van der Waals surface area contributed by atoms with Crippen LogP contribution in [0, 0.1) is 6.92 Å². The highest BCUT2D eigenvalue weighted by molar-refractivity contribution is 6.03. The Morgan fingerprint density at radius 1 is 1.00 bits per heavy atom. The summed E-state index contributed by atoms with van der Waals surface area (Å²) in [4.78, 5) is 28.2. The van der Waals surface area contributed by atoms with Gasteiger partial charge in [-0.1, -0.05) is 29.8 Å². The molecule has 1 aliphatic rings. The van der Waals surface area contributed by atoms with E-state index in [4.69, 9.17) is 5.73 Å². The molecule has 1 heterocycles. The quantitative estimate of drug-likeness (QED) is 0.861. The minimum absolute atomic E-state index is 0.137. The summed E-state index contributed by atoms with van der Waals surface area (Å²) in [5, 5.41) is 2.79. The zero-order valence-electron chi connectivity index (χ0n) is 14.9. The zero-order valence-corrected chi connectivity index (χ0v) is 14.9. The Hall–Kier alpha value is -2.86. The summed E-state index contributed by atoms with van der Waals surface area (Å²) in [7, 11) is 0. The van der Waals surface area contributed by atoms with E-state index in [2.05, 4.69) is 46.3 Å². The smallest absolute Gasteiger partial charge is 0.250 e. The fourth-order valence-electron chi connectivity index (χ4n) is 3.12. The number of carbonyl (C=O) groups excluding carboxylic acids is 2. The monoisotopic (exact) mass is 352 g/mol. The molecule has 1 fully saturated rings. The number of anilines is 2. The van der Waals surface area contributed by atoms with Crippen LogP contribution in [0.2, 0.25) is 0 Å². The molecule has 6 heteroatoms. The van der Waals surface area contributed by atoms with Crippen molar-refractivity contribution in [1.82, 2.24) is 4.90 Å². The van der Waals surface area contributed by atoms with Crippen LogP contribution in [-0.4, -0.2) is 49.4 Å². The number of carbonyl (C=O) groups is 2. The molecule has 0 atom stereocenters. The van der Waals surface area contributed by atoms with Gasteiger partial charge in [-0.05, 0) is 31.2 Å². The minimum atomic E-state index is -0.549. The number of rotatable bonds is 5. The van der Waals surface area contributed by atoms with E-state index in [0.29, 0.717) is 17.8 Å². The first-order valence-electron chi connectivity index (χ1n) is 8.75. The number of hydrogen-bond acceptors (Lipinski definition) is 4. The topological polar surface area (TPSA) is 78.7 Å². The molecule has 136 valence electrons. The normalized spacial score (nSPS) is 14.9. The molecule has 6 nitrogen and oxygen atoms in total. The van der Waals surface area contributed by atoms with Crippen molar-refractivity contribution in [1.29, 1.82) is 0 Å². The van der Waals surface area contributed by atoms with Crippen molar-refractivity contribution in [2.75, 3.05) is 42.9 Å². The van der Waals surface area contributed by atoms with Gasteiger partial charge < -0.3 is 16.0 Å². The number of para-hydroxylation sites is 1. The van der Waals surface area contributed by atoms with E-state index in [0.717, 1.165) is 26.2 Å². The Morgan fingerprint density at radius 2 is 1.65 bits per heavy atom. The number of amides is 2. The number of piperazine rings is 1. The van der Waals surface area contributed by atoms with Gasteiger partial charge in [0.1, 0.15) is 0 Å². The van der Waals surface area contributed by atoms with Crippen molar-refractivity contribution < 1.29 is 9.59 Å². The largest absolute Gasteiger partial charge is 0.369 e. The van der Waals surface area contributed by atoms with Gasteiger partial charge >= 0.3 is 0 Å². The van der Waals surface area contributed by atoms with Crippen LogP contribution >= 0.6 is 0 Å². The second kappa shape index (κ2) is 8.01. The van der Waals surface area contributed by atoms with Crippen LogP contribution < -0.4 is 16.0 Å². The molecular formula is C20H24N4O2. The lowest BCUT2D eigenvalue weighted by atomic mass is 10.1. The fraction of sp³-hybridized carbons (Fsp3) is 0.300. The summed E-state index contributed by atoms with van der Waals surface area (Å²) in [5.41, 5.74) is 8.60. The molecule has 1 saturated heterocycles. The molecule has 3 N–H and O–H groups in total. The van der Waals surface area contributed by atoms with Crippen LogP contribution in [-0.2, 0) is 4.79 Å². The summed E-state index contributed by atoms with van der Waals surface area (Å²) in [6.45, 7) is 5.78. The first kappa shape index (κ1) is 17.9. The molecule has 0 radical (unpaired) electrons. The van der Waals surface area contributed by atoms with Crippen LogP contribution in [0.15, 0.2) is 48.5 Å². The molecule has 0 bridgehead atoms. The van der Waals surface area contributed by atoms with Gasteiger partial charge in [-0.3, -0.25) is 14.5 Å². The van der Waals surface area contributed by atoms with Crippen molar-refractivity contribution in [2.45, 2.75) is 6.92 Å². The third-order valence-corrected chi connectivity index (χ3v) is 4.61. The lowest BCUT2D eigenvalue weighted by Crippen LogP contribution is -2.48. The molecule has 0 unspecified atom stereocenters. The average molecular weight is 352 g/mol. The van der Waals surface area contributed by atoms with Crippen molar-refractivity contribution >= 4 is 23.2 Å². The third-order valence-electron chi connectivity index (χ3n) is 4.61. The second-order valence-electron chi connectivity index (χ2n) is 6.56. The summed E-state index contributed by atoms with van der Waals surface area (Å²) < 4.78 is 0. The summed E-state index contributed by atoms with van der Waals surface area (Å²) in [6, 6.07) is 15.3. The van der Waals surface area contributed by atoms with Crippen LogP contribution in [0.3, 0.4) is 0 Å². The number of hydrogen-bond donors (Lipinski definition) is 2. The minimum Gasteiger partial charge on any atom is -0.369 e. The van der Waals surface area contributed by atoms with Crippen molar-refractivity contribution in [3.8, 4) is 0 Å². The standard InChI is InChI=1S/C20H24N4O2/c1-15-6-8-16(9-7-15)24-12-10-23(11-13-24)14-19(25)22-18-5-3-2-4-17(18)20(21)26/h2-9H,10-14H2,1H3,(H2,21,26)(H,22,25). The number of nitrogens with one attached hydrogen (secondary N) is 1. The molecule has 0 saturated carbocycles. The first-order valence-corrected chi connectivity index (χ1v) is 8.75. The molecule has 1 aliphatic heterocycles. The van der Waals surface area contributed by atoms with E-state index < -0.39 is 5.91 Å². The highest BCUT2D eigenvalue weighted by Gasteiger charge is 2.20. The van der Waals surface area contributed by atoms with Gasteiger partial charge in [-0.2, -0.15) is 0 Å². The van der Waals surface area contributed by atoms with Gasteiger partial charge in [0.2, 0.25) is 5.91 Å². The molecule has 3 rings (SSSR count). The number of primary amides is 1. The maximum Gasteiger partial charge on any atom is 0.250 e. The van der Waals surface area contributed by atoms with Crippen LogP contribution in [0.25, 0.3) is 0 Å². The lowest BCUT2D eigenvalue weighted by Gasteiger charge is -2.35. The Labute approximate surface area is 153 Å². The highest BCUT2D eigenvalue weighted by Crippen LogP contribution is 2.17. The Morgan fingerprint density at radius 3 is 2.31 bits per heavy atom. The summed E-state index contributed by atoms with van der Waals surface area (Å²) >= 11 is 0. The maximum absolute atomic E-state index is 12.3. The van der Waals surface area contributed by atoms with E-state index >= 15 is 0 Å². The van der Waals surface area contributed by atoms with Gasteiger partial charge in [0.15, 0.2) is 0 Å². The second-order valence-corrected chi connectivity index (χ2v) is 6.56. The molecule has 0 spiro atoms. The van der Waals surface area contributed by atoms with E-state index in [-0.39, 0.29) is 5.91 Å². The van der Waals surface area contributed by atoms with Gasteiger partial charge in [0.25, 0.3) is 5.91 Å². The Kier molecular flexibility index (Phi) is 5.53. The summed E-state index contributed by atoms with van der Waals surface area (Å²) in [6.07, 6.45) is 0. The number of benzene rings is 2. The molecule has 0 aromatic heterocycles. The highest BCUT2D eigenvalue weighted by atomic mass is 16.2. The van der Waals surface area contributed by atoms with Gasteiger partial charge in [0.05, 0.1) is 17.8 Å². The fourth-order valence-corrected chi connectivity index (χ4v) is 3.12. The van der Waals surface area contributed by atoms with Gasteiger partial charge in [-0.15, -0.1) is 0 Å². The van der Waals surface area contributed by atoms with E-state index in [1.807, 2.05) is 0 Å². The Bertz CT molecular complexity index is 781. The third kappa shape index (κ3) is 4.40. The molecule has 2 aromatic carbocycles. The zero-order chi connectivity index (χ0) is 18.5. The van der Waals surface area contributed by atoms with Gasteiger partial charge in [0, 0.05) is 31.9 Å². The number of aryl methyl sites for hydroxylation is 1. The number of nitrogens with two attached hydrogens (primary N) is 1. The van der Waals surface area contributed by atoms with Crippen LogP contribution in [0.4, 0.5) is 11.4 Å². The summed E-state index contributed by atoms with van der Waals surface area (Å²) in [5.74, 6) is -0.685. The predicted octanol–water partition coefficient (Wildman–Crippen LogP) is 1.85. The lowest BCUT2D eigenvalue weighted by molar-refractivity contribution is -0.117. The van der Waals surface area contributed by atoms with Crippen LogP contribution in [0.1, 0.15) is 15.9 Å².